The van der Waals surface area contributed by atoms with Crippen molar-refractivity contribution in [2.24, 2.45) is 0 Å². The van der Waals surface area contributed by atoms with Crippen LogP contribution in [0.15, 0.2) is 18.2 Å². The van der Waals surface area contributed by atoms with Crippen molar-refractivity contribution in [3.05, 3.63) is 33.9 Å². The van der Waals surface area contributed by atoms with E-state index in [2.05, 4.69) is 0 Å². The fourth-order valence-corrected chi connectivity index (χ4v) is 1.37. The quantitative estimate of drug-likeness (QED) is 0.495. The van der Waals surface area contributed by atoms with Gasteiger partial charge >= 0.3 is 0 Å². The van der Waals surface area contributed by atoms with Crippen molar-refractivity contribution in [2.75, 3.05) is 13.7 Å². The van der Waals surface area contributed by atoms with Gasteiger partial charge in [-0.25, -0.2) is 0 Å². The molecule has 1 aromatic carbocycles. The van der Waals surface area contributed by atoms with Crippen molar-refractivity contribution < 1.29 is 25.0 Å². The average molecular weight is 243 g/mol. The van der Waals surface area contributed by atoms with Crippen molar-refractivity contribution in [1.82, 2.24) is 0 Å². The highest BCUT2D eigenvalue weighted by molar-refractivity contribution is 5.45. The minimum absolute atomic E-state index is 0.0586. The summed E-state index contributed by atoms with van der Waals surface area (Å²) in [6.07, 6.45) is -2.87. The molecule has 2 unspecified atom stereocenters. The molecule has 2 atom stereocenters. The van der Waals surface area contributed by atoms with Crippen molar-refractivity contribution in [2.45, 2.75) is 12.2 Å². The van der Waals surface area contributed by atoms with E-state index in [-0.39, 0.29) is 17.0 Å². The first-order valence-electron chi connectivity index (χ1n) is 4.80. The molecule has 7 heteroatoms. The smallest absolute Gasteiger partial charge is 0.270 e. The van der Waals surface area contributed by atoms with E-state index >= 15 is 0 Å². The number of aliphatic hydroxyl groups excluding tert-OH is 3. The lowest BCUT2D eigenvalue weighted by Gasteiger charge is -2.18. The van der Waals surface area contributed by atoms with Crippen LogP contribution in [0.1, 0.15) is 11.7 Å². The van der Waals surface area contributed by atoms with E-state index in [0.29, 0.717) is 0 Å². The van der Waals surface area contributed by atoms with E-state index in [1.807, 2.05) is 0 Å². The molecule has 0 aliphatic carbocycles. The zero-order valence-corrected chi connectivity index (χ0v) is 9.11. The molecule has 0 amide bonds. The lowest BCUT2D eigenvalue weighted by atomic mass is 10.0. The Balaban J connectivity index is 3.18. The van der Waals surface area contributed by atoms with Gasteiger partial charge in [-0.3, -0.25) is 10.1 Å². The zero-order valence-electron chi connectivity index (χ0n) is 9.11. The van der Waals surface area contributed by atoms with Crippen LogP contribution < -0.4 is 4.74 Å². The van der Waals surface area contributed by atoms with Gasteiger partial charge in [0.05, 0.1) is 18.6 Å². The highest BCUT2D eigenvalue weighted by atomic mass is 16.6. The number of non-ortho nitro benzene ring substituents is 1. The molecule has 1 rings (SSSR count). The highest BCUT2D eigenvalue weighted by Crippen LogP contribution is 2.30. The summed E-state index contributed by atoms with van der Waals surface area (Å²) >= 11 is 0. The first kappa shape index (κ1) is 13.4. The van der Waals surface area contributed by atoms with Crippen LogP contribution in [0.5, 0.6) is 5.75 Å². The van der Waals surface area contributed by atoms with Crippen LogP contribution in [0.2, 0.25) is 0 Å². The van der Waals surface area contributed by atoms with Gasteiger partial charge in [0.25, 0.3) is 5.69 Å². The number of nitrogens with zero attached hydrogens (tertiary/aromatic N) is 1. The van der Waals surface area contributed by atoms with Crippen LogP contribution in [0.4, 0.5) is 5.69 Å². The second kappa shape index (κ2) is 5.58. The molecule has 0 spiro atoms. The second-order valence-corrected chi connectivity index (χ2v) is 3.38. The van der Waals surface area contributed by atoms with E-state index in [1.165, 1.54) is 19.2 Å². The molecule has 0 aliphatic heterocycles. The number of aliphatic hydroxyl groups is 3. The number of ether oxygens (including phenoxy) is 1. The topological polar surface area (TPSA) is 113 Å². The molecule has 0 radical (unpaired) electrons. The van der Waals surface area contributed by atoms with Crippen molar-refractivity contribution in [1.29, 1.82) is 0 Å². The lowest BCUT2D eigenvalue weighted by molar-refractivity contribution is -0.385. The highest BCUT2D eigenvalue weighted by Gasteiger charge is 2.23. The van der Waals surface area contributed by atoms with Gasteiger partial charge in [-0.05, 0) is 6.07 Å². The Bertz CT molecular complexity index is 408. The summed E-state index contributed by atoms with van der Waals surface area (Å²) in [5, 5.41) is 38.3. The molecule has 0 fully saturated rings. The van der Waals surface area contributed by atoms with Crippen LogP contribution in [0.3, 0.4) is 0 Å². The van der Waals surface area contributed by atoms with E-state index in [1.54, 1.807) is 0 Å². The standard InChI is InChI=1S/C10H13NO6/c1-17-9-3-2-6(11(15)16)4-7(9)10(14)8(13)5-12/h2-4,8,10,12-14H,5H2,1H3. The predicted octanol–water partition coefficient (Wildman–Crippen LogP) is -0.0100. The van der Waals surface area contributed by atoms with Gasteiger partial charge in [0.1, 0.15) is 18.0 Å². The molecular weight excluding hydrogens is 230 g/mol. The third kappa shape index (κ3) is 2.90. The fraction of sp³-hybridized carbons (Fsp3) is 0.400. The minimum Gasteiger partial charge on any atom is -0.496 e. The first-order chi connectivity index (χ1) is 8.01. The molecule has 0 heterocycles. The molecule has 7 nitrogen and oxygen atoms in total. The summed E-state index contributed by atoms with van der Waals surface area (Å²) in [6.45, 7) is -0.660. The third-order valence-electron chi connectivity index (χ3n) is 2.29. The summed E-state index contributed by atoms with van der Waals surface area (Å²) in [7, 11) is 1.34. The minimum atomic E-state index is -1.45. The Morgan fingerprint density at radius 2 is 2.12 bits per heavy atom. The van der Waals surface area contributed by atoms with E-state index in [4.69, 9.17) is 9.84 Å². The largest absolute Gasteiger partial charge is 0.496 e. The molecule has 3 N–H and O–H groups in total. The SMILES string of the molecule is COc1ccc([N+](=O)[O-])cc1C(O)C(O)CO. The van der Waals surface area contributed by atoms with Crippen LogP contribution >= 0.6 is 0 Å². The van der Waals surface area contributed by atoms with Gasteiger partial charge in [0.2, 0.25) is 0 Å². The summed E-state index contributed by atoms with van der Waals surface area (Å²) in [5.74, 6) is 0.204. The number of hydrogen-bond acceptors (Lipinski definition) is 6. The molecule has 0 aliphatic rings. The summed E-state index contributed by atoms with van der Waals surface area (Å²) in [6, 6.07) is 3.64. The Labute approximate surface area is 97.0 Å². The van der Waals surface area contributed by atoms with Gasteiger partial charge in [0.15, 0.2) is 0 Å². The number of nitro groups is 1. The Kier molecular flexibility index (Phi) is 4.38. The zero-order chi connectivity index (χ0) is 13.0. The average Bonchev–Trinajstić information content (AvgIpc) is 2.35. The number of methoxy groups -OCH3 is 1. The predicted molar refractivity (Wildman–Crippen MR) is 57.7 cm³/mol. The lowest BCUT2D eigenvalue weighted by Crippen LogP contribution is -2.22. The molecule has 0 aromatic heterocycles. The summed E-state index contributed by atoms with van der Waals surface area (Å²) in [5.41, 5.74) is -0.173. The normalized spacial score (nSPS) is 14.1. The Morgan fingerprint density at radius 1 is 1.47 bits per heavy atom. The van der Waals surface area contributed by atoms with Gasteiger partial charge in [-0.1, -0.05) is 0 Å². The van der Waals surface area contributed by atoms with Crippen LogP contribution in [0.25, 0.3) is 0 Å². The molecule has 1 aromatic rings. The van der Waals surface area contributed by atoms with Gasteiger partial charge in [0, 0.05) is 17.7 Å². The number of benzene rings is 1. The molecule has 94 valence electrons. The summed E-state index contributed by atoms with van der Waals surface area (Å²) in [4.78, 5) is 9.96. The molecule has 0 bridgehead atoms. The molecule has 0 saturated heterocycles. The maximum atomic E-state index is 10.6. The van der Waals surface area contributed by atoms with Crippen LogP contribution in [-0.4, -0.2) is 40.1 Å². The second-order valence-electron chi connectivity index (χ2n) is 3.38. The fourth-order valence-electron chi connectivity index (χ4n) is 1.37. The Morgan fingerprint density at radius 3 is 2.59 bits per heavy atom. The van der Waals surface area contributed by atoms with Gasteiger partial charge < -0.3 is 20.1 Å². The van der Waals surface area contributed by atoms with Crippen molar-refractivity contribution in [3.8, 4) is 5.75 Å². The number of nitro benzene ring substituents is 1. The van der Waals surface area contributed by atoms with E-state index in [0.717, 1.165) is 6.07 Å². The Hall–Kier alpha value is -1.70. The van der Waals surface area contributed by atoms with Gasteiger partial charge in [-0.15, -0.1) is 0 Å². The maximum Gasteiger partial charge on any atom is 0.270 e. The van der Waals surface area contributed by atoms with Crippen LogP contribution in [0, 0.1) is 10.1 Å². The van der Waals surface area contributed by atoms with Crippen molar-refractivity contribution in [3.63, 3.8) is 0 Å². The van der Waals surface area contributed by atoms with Crippen molar-refractivity contribution >= 4 is 5.69 Å². The summed E-state index contributed by atoms with van der Waals surface area (Å²) < 4.78 is 4.92. The number of rotatable bonds is 5. The van der Waals surface area contributed by atoms with E-state index in [9.17, 15) is 20.3 Å². The van der Waals surface area contributed by atoms with E-state index < -0.39 is 23.7 Å². The third-order valence-corrected chi connectivity index (χ3v) is 2.29. The van der Waals surface area contributed by atoms with Gasteiger partial charge in [-0.2, -0.15) is 0 Å². The molecular formula is C10H13NO6. The maximum absolute atomic E-state index is 10.6. The first-order valence-corrected chi connectivity index (χ1v) is 4.80. The van der Waals surface area contributed by atoms with Crippen LogP contribution in [-0.2, 0) is 0 Å². The number of hydrogen-bond donors (Lipinski definition) is 3. The molecule has 0 saturated carbocycles. The molecule has 17 heavy (non-hydrogen) atoms. The monoisotopic (exact) mass is 243 g/mol.